The van der Waals surface area contributed by atoms with Gasteiger partial charge in [-0.05, 0) is 58.4 Å². The van der Waals surface area contributed by atoms with Gasteiger partial charge >= 0.3 is 6.09 Å². The topological polar surface area (TPSA) is 79.5 Å². The molecule has 1 aliphatic rings. The molecule has 0 aliphatic heterocycles. The molecule has 6 nitrogen and oxygen atoms in total. The second kappa shape index (κ2) is 9.74. The Morgan fingerprint density at radius 2 is 1.85 bits per heavy atom. The molecule has 1 aliphatic carbocycles. The van der Waals surface area contributed by atoms with Gasteiger partial charge in [-0.25, -0.2) is 4.79 Å². The molecule has 3 N–H and O–H groups in total. The van der Waals surface area contributed by atoms with Crippen molar-refractivity contribution in [2.75, 3.05) is 13.1 Å². The molecule has 2 rings (SSSR count). The second-order valence-electron chi connectivity index (χ2n) is 8.35. The molecule has 0 unspecified atom stereocenters. The van der Waals surface area contributed by atoms with Crippen molar-refractivity contribution in [2.45, 2.75) is 64.6 Å². The van der Waals surface area contributed by atoms with Crippen molar-refractivity contribution in [1.82, 2.24) is 16.0 Å². The predicted molar refractivity (Wildman–Crippen MR) is 107 cm³/mol. The molecule has 0 spiro atoms. The molecule has 2 atom stereocenters. The standard InChI is InChI=1S/C21H33N3O3/c1-15(19(25)23-13-17-10-11-17)22-14-18(12-16-8-6-5-7-9-16)24-20(26)27-21(2,3)4/h5-9,15,17-18,22H,10-14H2,1-4H3,(H,23,25)(H,24,26)/t15-,18-/m0/s1. The molecule has 0 bridgehead atoms. The molecule has 27 heavy (non-hydrogen) atoms. The average molecular weight is 376 g/mol. The molecule has 0 saturated heterocycles. The number of hydrogen-bond acceptors (Lipinski definition) is 4. The lowest BCUT2D eigenvalue weighted by Gasteiger charge is -2.25. The fourth-order valence-electron chi connectivity index (χ4n) is 2.68. The molecule has 1 aromatic rings. The van der Waals surface area contributed by atoms with Gasteiger partial charge in [-0.2, -0.15) is 0 Å². The predicted octanol–water partition coefficient (Wildman–Crippen LogP) is 2.63. The Balaban J connectivity index is 1.87. The molecule has 0 aromatic heterocycles. The number of nitrogens with one attached hydrogen (secondary N) is 3. The summed E-state index contributed by atoms with van der Waals surface area (Å²) in [4.78, 5) is 24.4. The summed E-state index contributed by atoms with van der Waals surface area (Å²) in [6.45, 7) is 8.59. The molecule has 150 valence electrons. The van der Waals surface area contributed by atoms with Crippen molar-refractivity contribution in [3.63, 3.8) is 0 Å². The first-order valence-corrected chi connectivity index (χ1v) is 9.77. The van der Waals surface area contributed by atoms with Crippen LogP contribution in [0.5, 0.6) is 0 Å². The summed E-state index contributed by atoms with van der Waals surface area (Å²) in [6.07, 6.45) is 2.63. The molecule has 1 saturated carbocycles. The fourth-order valence-corrected chi connectivity index (χ4v) is 2.68. The average Bonchev–Trinajstić information content (AvgIpc) is 3.40. The van der Waals surface area contributed by atoms with E-state index in [0.29, 0.717) is 18.9 Å². The summed E-state index contributed by atoms with van der Waals surface area (Å²) in [5.74, 6) is 0.651. The zero-order valence-corrected chi connectivity index (χ0v) is 16.9. The van der Waals surface area contributed by atoms with E-state index in [2.05, 4.69) is 16.0 Å². The summed E-state index contributed by atoms with van der Waals surface area (Å²) in [5.41, 5.74) is 0.566. The van der Waals surface area contributed by atoms with Gasteiger partial charge in [0.25, 0.3) is 0 Å². The number of rotatable bonds is 9. The van der Waals surface area contributed by atoms with Crippen molar-refractivity contribution < 1.29 is 14.3 Å². The van der Waals surface area contributed by atoms with Crippen molar-refractivity contribution >= 4 is 12.0 Å². The van der Waals surface area contributed by atoms with Crippen LogP contribution < -0.4 is 16.0 Å². The van der Waals surface area contributed by atoms with Crippen LogP contribution in [0.3, 0.4) is 0 Å². The van der Waals surface area contributed by atoms with Crippen LogP contribution in [0.25, 0.3) is 0 Å². The zero-order valence-electron chi connectivity index (χ0n) is 16.9. The van der Waals surface area contributed by atoms with E-state index in [4.69, 9.17) is 4.74 Å². The Morgan fingerprint density at radius 1 is 1.19 bits per heavy atom. The van der Waals surface area contributed by atoms with Crippen LogP contribution in [-0.2, 0) is 16.0 Å². The highest BCUT2D eigenvalue weighted by atomic mass is 16.6. The smallest absolute Gasteiger partial charge is 0.407 e. The van der Waals surface area contributed by atoms with Crippen molar-refractivity contribution in [1.29, 1.82) is 0 Å². The van der Waals surface area contributed by atoms with Crippen molar-refractivity contribution in [2.24, 2.45) is 5.92 Å². The number of benzene rings is 1. The van der Waals surface area contributed by atoms with Gasteiger partial charge < -0.3 is 20.7 Å². The van der Waals surface area contributed by atoms with Gasteiger partial charge in [-0.1, -0.05) is 30.3 Å². The largest absolute Gasteiger partial charge is 0.444 e. The summed E-state index contributed by atoms with van der Waals surface area (Å²) in [6, 6.07) is 9.46. The number of alkyl carbamates (subject to hydrolysis) is 1. The van der Waals surface area contributed by atoms with E-state index >= 15 is 0 Å². The third-order valence-electron chi connectivity index (χ3n) is 4.37. The molecule has 0 radical (unpaired) electrons. The quantitative estimate of drug-likeness (QED) is 0.620. The molecule has 0 heterocycles. The Hall–Kier alpha value is -2.08. The minimum Gasteiger partial charge on any atom is -0.444 e. The van der Waals surface area contributed by atoms with E-state index in [1.165, 1.54) is 12.8 Å². The minimum absolute atomic E-state index is 0.00220. The molecule has 1 fully saturated rings. The fraction of sp³-hybridized carbons (Fsp3) is 0.619. The van der Waals surface area contributed by atoms with Crippen molar-refractivity contribution in [3.05, 3.63) is 35.9 Å². The zero-order chi connectivity index (χ0) is 19.9. The first-order valence-electron chi connectivity index (χ1n) is 9.77. The Bertz CT molecular complexity index is 609. The third kappa shape index (κ3) is 8.91. The van der Waals surface area contributed by atoms with E-state index in [1.807, 2.05) is 58.0 Å². The first-order chi connectivity index (χ1) is 12.7. The molecular formula is C21H33N3O3. The van der Waals surface area contributed by atoms with Crippen LogP contribution in [0.15, 0.2) is 30.3 Å². The van der Waals surface area contributed by atoms with Gasteiger partial charge in [0.2, 0.25) is 5.91 Å². The first kappa shape index (κ1) is 21.2. The minimum atomic E-state index is -0.551. The lowest BCUT2D eigenvalue weighted by atomic mass is 10.1. The maximum Gasteiger partial charge on any atom is 0.407 e. The van der Waals surface area contributed by atoms with Gasteiger partial charge in [0, 0.05) is 19.1 Å². The maximum atomic E-state index is 12.2. The number of ether oxygens (including phenoxy) is 1. The van der Waals surface area contributed by atoms with Crippen LogP contribution in [-0.4, -0.2) is 42.8 Å². The molecule has 6 heteroatoms. The van der Waals surface area contributed by atoms with E-state index in [-0.39, 0.29) is 18.0 Å². The van der Waals surface area contributed by atoms with Crippen LogP contribution in [0.2, 0.25) is 0 Å². The van der Waals surface area contributed by atoms with E-state index in [9.17, 15) is 9.59 Å². The van der Waals surface area contributed by atoms with E-state index in [1.54, 1.807) is 0 Å². The Kier molecular flexibility index (Phi) is 7.66. The van der Waals surface area contributed by atoms with Crippen LogP contribution in [0.4, 0.5) is 4.79 Å². The van der Waals surface area contributed by atoms with Crippen LogP contribution in [0.1, 0.15) is 46.1 Å². The van der Waals surface area contributed by atoms with Gasteiger partial charge in [-0.15, -0.1) is 0 Å². The number of hydrogen-bond donors (Lipinski definition) is 3. The number of carbonyl (C=O) groups excluding carboxylic acids is 2. The van der Waals surface area contributed by atoms with Crippen LogP contribution >= 0.6 is 0 Å². The lowest BCUT2D eigenvalue weighted by Crippen LogP contribution is -2.50. The second-order valence-corrected chi connectivity index (χ2v) is 8.35. The molecule has 2 amide bonds. The van der Waals surface area contributed by atoms with Gasteiger partial charge in [0.05, 0.1) is 6.04 Å². The highest BCUT2D eigenvalue weighted by Crippen LogP contribution is 2.27. The van der Waals surface area contributed by atoms with Gasteiger partial charge in [0.1, 0.15) is 5.60 Å². The van der Waals surface area contributed by atoms with Crippen molar-refractivity contribution in [3.8, 4) is 0 Å². The number of carbonyl (C=O) groups is 2. The maximum absolute atomic E-state index is 12.2. The number of amides is 2. The summed E-state index contributed by atoms with van der Waals surface area (Å²) < 4.78 is 5.37. The SMILES string of the molecule is C[C@H](NC[C@H](Cc1ccccc1)NC(=O)OC(C)(C)C)C(=O)NCC1CC1. The molecular weight excluding hydrogens is 342 g/mol. The Labute approximate surface area is 162 Å². The van der Waals surface area contributed by atoms with Gasteiger partial charge in [0.15, 0.2) is 0 Å². The summed E-state index contributed by atoms with van der Waals surface area (Å²) in [5, 5.41) is 9.13. The van der Waals surface area contributed by atoms with Gasteiger partial charge in [-0.3, -0.25) is 4.79 Å². The van der Waals surface area contributed by atoms with E-state index < -0.39 is 11.7 Å². The Morgan fingerprint density at radius 3 is 2.44 bits per heavy atom. The lowest BCUT2D eigenvalue weighted by molar-refractivity contribution is -0.122. The highest BCUT2D eigenvalue weighted by Gasteiger charge is 2.24. The van der Waals surface area contributed by atoms with Crippen LogP contribution in [0, 0.1) is 5.92 Å². The highest BCUT2D eigenvalue weighted by molar-refractivity contribution is 5.81. The third-order valence-corrected chi connectivity index (χ3v) is 4.37. The summed E-state index contributed by atoms with van der Waals surface area (Å²) in [7, 11) is 0. The monoisotopic (exact) mass is 375 g/mol. The normalized spacial score (nSPS) is 16.3. The molecule has 1 aromatic carbocycles. The van der Waals surface area contributed by atoms with E-state index in [0.717, 1.165) is 12.1 Å². The summed E-state index contributed by atoms with van der Waals surface area (Å²) >= 11 is 0.